The van der Waals surface area contributed by atoms with E-state index in [-0.39, 0.29) is 17.7 Å². The van der Waals surface area contributed by atoms with Crippen molar-refractivity contribution >= 4 is 17.6 Å². The number of amides is 1. The maximum Gasteiger partial charge on any atom is 0.311 e. The van der Waals surface area contributed by atoms with E-state index in [9.17, 15) is 19.7 Å². The first-order valence-corrected chi connectivity index (χ1v) is 5.13. The lowest BCUT2D eigenvalue weighted by Crippen LogP contribution is -2.25. The fourth-order valence-corrected chi connectivity index (χ4v) is 1.26. The SMILES string of the molecule is CNC(=O)COC(=O)Cc1ccccc1[N+](=O)[O-]. The normalized spacial score (nSPS) is 9.61. The predicted molar refractivity (Wildman–Crippen MR) is 61.8 cm³/mol. The second-order valence-electron chi connectivity index (χ2n) is 3.40. The molecule has 0 saturated heterocycles. The van der Waals surface area contributed by atoms with Gasteiger partial charge in [-0.25, -0.2) is 0 Å². The van der Waals surface area contributed by atoms with Crippen LogP contribution >= 0.6 is 0 Å². The Labute approximate surface area is 103 Å². The lowest BCUT2D eigenvalue weighted by Gasteiger charge is -2.04. The van der Waals surface area contributed by atoms with Gasteiger partial charge in [0, 0.05) is 18.7 Å². The van der Waals surface area contributed by atoms with Crippen LogP contribution in [-0.4, -0.2) is 30.5 Å². The largest absolute Gasteiger partial charge is 0.455 e. The molecule has 0 radical (unpaired) electrons. The average Bonchev–Trinajstić information content (AvgIpc) is 2.36. The highest BCUT2D eigenvalue weighted by atomic mass is 16.6. The highest BCUT2D eigenvalue weighted by Crippen LogP contribution is 2.18. The van der Waals surface area contributed by atoms with Gasteiger partial charge in [0.15, 0.2) is 6.61 Å². The van der Waals surface area contributed by atoms with Crippen LogP contribution in [0.2, 0.25) is 0 Å². The first kappa shape index (κ1) is 13.6. The number of nitro benzene ring substituents is 1. The molecule has 1 aromatic rings. The predicted octanol–water partition coefficient (Wildman–Crippen LogP) is 0.426. The molecule has 0 saturated carbocycles. The van der Waals surface area contributed by atoms with E-state index in [0.29, 0.717) is 0 Å². The summed E-state index contributed by atoms with van der Waals surface area (Å²) in [6.07, 6.45) is -0.242. The van der Waals surface area contributed by atoms with Crippen molar-refractivity contribution in [2.45, 2.75) is 6.42 Å². The highest BCUT2D eigenvalue weighted by molar-refractivity contribution is 5.81. The van der Waals surface area contributed by atoms with E-state index >= 15 is 0 Å². The van der Waals surface area contributed by atoms with Crippen LogP contribution in [-0.2, 0) is 20.7 Å². The Kier molecular flexibility index (Phi) is 4.79. The Morgan fingerprint density at radius 2 is 2.06 bits per heavy atom. The summed E-state index contributed by atoms with van der Waals surface area (Å²) in [6.45, 7) is -0.393. The third kappa shape index (κ3) is 3.85. The van der Waals surface area contributed by atoms with Gasteiger partial charge in [0.2, 0.25) is 0 Å². The Balaban J connectivity index is 2.65. The van der Waals surface area contributed by atoms with Crippen LogP contribution in [0, 0.1) is 10.1 Å². The van der Waals surface area contributed by atoms with Gasteiger partial charge >= 0.3 is 5.97 Å². The fourth-order valence-electron chi connectivity index (χ4n) is 1.26. The number of para-hydroxylation sites is 1. The monoisotopic (exact) mass is 252 g/mol. The lowest BCUT2D eigenvalue weighted by atomic mass is 10.1. The quantitative estimate of drug-likeness (QED) is 0.465. The number of nitrogens with one attached hydrogen (secondary N) is 1. The van der Waals surface area contributed by atoms with Crippen LogP contribution in [0.15, 0.2) is 24.3 Å². The van der Waals surface area contributed by atoms with Crippen molar-refractivity contribution in [3.05, 3.63) is 39.9 Å². The molecule has 0 aliphatic heterocycles. The number of carbonyl (C=O) groups excluding carboxylic acids is 2. The van der Waals surface area contributed by atoms with Crippen LogP contribution in [0.5, 0.6) is 0 Å². The Bertz CT molecular complexity index is 472. The zero-order chi connectivity index (χ0) is 13.5. The molecule has 96 valence electrons. The Hall–Kier alpha value is -2.44. The molecule has 1 rings (SSSR count). The summed E-state index contributed by atoms with van der Waals surface area (Å²) in [4.78, 5) is 32.4. The van der Waals surface area contributed by atoms with Gasteiger partial charge < -0.3 is 10.1 Å². The number of hydrogen-bond donors (Lipinski definition) is 1. The van der Waals surface area contributed by atoms with Crippen LogP contribution in [0.1, 0.15) is 5.56 Å². The van der Waals surface area contributed by atoms with Gasteiger partial charge in [0.05, 0.1) is 11.3 Å². The molecular weight excluding hydrogens is 240 g/mol. The number of hydrogen-bond acceptors (Lipinski definition) is 5. The van der Waals surface area contributed by atoms with E-state index in [1.807, 2.05) is 0 Å². The molecule has 0 aliphatic rings. The summed E-state index contributed by atoms with van der Waals surface area (Å²) < 4.78 is 4.66. The van der Waals surface area contributed by atoms with Crippen molar-refractivity contribution in [2.24, 2.45) is 0 Å². The van der Waals surface area contributed by atoms with Crippen LogP contribution in [0.4, 0.5) is 5.69 Å². The molecule has 1 aromatic carbocycles. The number of rotatable bonds is 5. The van der Waals surface area contributed by atoms with Crippen molar-refractivity contribution in [2.75, 3.05) is 13.7 Å². The lowest BCUT2D eigenvalue weighted by molar-refractivity contribution is -0.385. The molecule has 1 amide bonds. The van der Waals surface area contributed by atoms with Crippen molar-refractivity contribution in [1.82, 2.24) is 5.32 Å². The first-order chi connectivity index (χ1) is 8.54. The number of esters is 1. The molecule has 0 aliphatic carbocycles. The van der Waals surface area contributed by atoms with Crippen molar-refractivity contribution in [1.29, 1.82) is 0 Å². The maximum atomic E-state index is 11.4. The van der Waals surface area contributed by atoms with Gasteiger partial charge in [-0.2, -0.15) is 0 Å². The number of likely N-dealkylation sites (N-methyl/N-ethyl adjacent to an activating group) is 1. The Morgan fingerprint density at radius 3 is 2.67 bits per heavy atom. The van der Waals surface area contributed by atoms with Crippen molar-refractivity contribution in [3.8, 4) is 0 Å². The third-order valence-electron chi connectivity index (χ3n) is 2.17. The second-order valence-corrected chi connectivity index (χ2v) is 3.40. The molecule has 0 aromatic heterocycles. The number of carbonyl (C=O) groups is 2. The van der Waals surface area contributed by atoms with E-state index in [2.05, 4.69) is 10.1 Å². The molecule has 18 heavy (non-hydrogen) atoms. The zero-order valence-corrected chi connectivity index (χ0v) is 9.71. The van der Waals surface area contributed by atoms with Gasteiger partial charge in [-0.05, 0) is 0 Å². The van der Waals surface area contributed by atoms with Crippen LogP contribution < -0.4 is 5.32 Å². The smallest absolute Gasteiger partial charge is 0.311 e. The zero-order valence-electron chi connectivity index (χ0n) is 9.71. The van der Waals surface area contributed by atoms with Gasteiger partial charge in [0.1, 0.15) is 0 Å². The molecule has 0 heterocycles. The molecule has 0 atom stereocenters. The molecule has 1 N–H and O–H groups in total. The van der Waals surface area contributed by atoms with E-state index < -0.39 is 23.4 Å². The molecule has 0 spiro atoms. The average molecular weight is 252 g/mol. The van der Waals surface area contributed by atoms with E-state index in [0.717, 1.165) is 0 Å². The van der Waals surface area contributed by atoms with Gasteiger partial charge in [-0.15, -0.1) is 0 Å². The van der Waals surface area contributed by atoms with Gasteiger partial charge in [0.25, 0.3) is 11.6 Å². The first-order valence-electron chi connectivity index (χ1n) is 5.13. The van der Waals surface area contributed by atoms with E-state index in [1.165, 1.54) is 25.2 Å². The van der Waals surface area contributed by atoms with Gasteiger partial charge in [-0.1, -0.05) is 18.2 Å². The summed E-state index contributed by atoms with van der Waals surface area (Å²) in [5.74, 6) is -1.13. The van der Waals surface area contributed by atoms with Crippen molar-refractivity contribution in [3.63, 3.8) is 0 Å². The number of nitrogens with zero attached hydrogens (tertiary/aromatic N) is 1. The van der Waals surface area contributed by atoms with Gasteiger partial charge in [-0.3, -0.25) is 19.7 Å². The van der Waals surface area contributed by atoms with Crippen LogP contribution in [0.3, 0.4) is 0 Å². The number of ether oxygens (including phenoxy) is 1. The number of nitro groups is 1. The fraction of sp³-hybridized carbons (Fsp3) is 0.273. The number of benzene rings is 1. The Morgan fingerprint density at radius 1 is 1.39 bits per heavy atom. The van der Waals surface area contributed by atoms with E-state index in [1.54, 1.807) is 6.07 Å². The summed E-state index contributed by atoms with van der Waals surface area (Å²) in [7, 11) is 1.41. The van der Waals surface area contributed by atoms with Crippen molar-refractivity contribution < 1.29 is 19.2 Å². The third-order valence-corrected chi connectivity index (χ3v) is 2.17. The minimum Gasteiger partial charge on any atom is -0.455 e. The molecule has 0 unspecified atom stereocenters. The standard InChI is InChI=1S/C11H12N2O5/c1-12-10(14)7-18-11(15)6-8-4-2-3-5-9(8)13(16)17/h2-5H,6-7H2,1H3,(H,12,14). The second kappa shape index (κ2) is 6.33. The topological polar surface area (TPSA) is 98.5 Å². The molecule has 7 heteroatoms. The molecule has 0 fully saturated rings. The minimum atomic E-state index is -0.687. The van der Waals surface area contributed by atoms with E-state index in [4.69, 9.17) is 0 Å². The van der Waals surface area contributed by atoms with Crippen LogP contribution in [0.25, 0.3) is 0 Å². The molecule has 0 bridgehead atoms. The summed E-state index contributed by atoms with van der Waals surface area (Å²) >= 11 is 0. The highest BCUT2D eigenvalue weighted by Gasteiger charge is 2.16. The summed E-state index contributed by atoms with van der Waals surface area (Å²) in [6, 6.07) is 5.88. The molecule has 7 nitrogen and oxygen atoms in total. The minimum absolute atomic E-state index is 0.144. The summed E-state index contributed by atoms with van der Waals surface area (Å²) in [5, 5.41) is 13.0. The maximum absolute atomic E-state index is 11.4. The summed E-state index contributed by atoms with van der Waals surface area (Å²) in [5.41, 5.74) is 0.110. The molecular formula is C11H12N2O5.